The van der Waals surface area contributed by atoms with Crippen LogP contribution in [0.2, 0.25) is 0 Å². The number of piperidine rings is 1. The molecular weight excluding hydrogens is 450 g/mol. The van der Waals surface area contributed by atoms with Crippen molar-refractivity contribution in [1.82, 2.24) is 9.80 Å². The van der Waals surface area contributed by atoms with E-state index in [2.05, 4.69) is 56.0 Å². The number of amides is 2. The molecule has 2 aromatic rings. The van der Waals surface area contributed by atoms with E-state index in [-0.39, 0.29) is 23.8 Å². The van der Waals surface area contributed by atoms with E-state index >= 15 is 0 Å². The highest BCUT2D eigenvalue weighted by molar-refractivity contribution is 5.82. The first-order valence-electron chi connectivity index (χ1n) is 13.2. The normalized spacial score (nSPS) is 20.9. The molecule has 194 valence electrons. The minimum atomic E-state index is -0.562. The van der Waals surface area contributed by atoms with Crippen molar-refractivity contribution in [3.05, 3.63) is 64.7 Å². The Morgan fingerprint density at radius 1 is 0.861 bits per heavy atom. The Kier molecular flexibility index (Phi) is 7.62. The van der Waals surface area contributed by atoms with Crippen molar-refractivity contribution in [2.45, 2.75) is 59.5 Å². The molecule has 2 aromatic carbocycles. The Morgan fingerprint density at radius 2 is 1.56 bits per heavy atom. The van der Waals surface area contributed by atoms with Crippen molar-refractivity contribution >= 4 is 17.7 Å². The van der Waals surface area contributed by atoms with Crippen LogP contribution in [-0.2, 0) is 9.53 Å². The number of benzene rings is 2. The Balaban J connectivity index is 1.52. The maximum Gasteiger partial charge on any atom is 0.410 e. The third kappa shape index (κ3) is 5.85. The van der Waals surface area contributed by atoms with Gasteiger partial charge in [-0.1, -0.05) is 36.4 Å². The average Bonchev–Trinajstić information content (AvgIpc) is 2.84. The van der Waals surface area contributed by atoms with E-state index in [1.807, 2.05) is 37.8 Å². The predicted octanol–water partition coefficient (Wildman–Crippen LogP) is 5.30. The van der Waals surface area contributed by atoms with Gasteiger partial charge in [-0.2, -0.15) is 0 Å². The van der Waals surface area contributed by atoms with E-state index in [1.54, 1.807) is 4.90 Å². The fourth-order valence-electron chi connectivity index (χ4n) is 5.53. The van der Waals surface area contributed by atoms with Crippen molar-refractivity contribution < 1.29 is 14.3 Å². The van der Waals surface area contributed by atoms with Gasteiger partial charge in [0.15, 0.2) is 0 Å². The summed E-state index contributed by atoms with van der Waals surface area (Å²) < 4.78 is 5.65. The number of anilines is 1. The molecule has 0 aromatic heterocycles. The van der Waals surface area contributed by atoms with E-state index in [0.717, 1.165) is 19.5 Å². The second kappa shape index (κ2) is 10.5. The van der Waals surface area contributed by atoms with Gasteiger partial charge in [0.2, 0.25) is 5.91 Å². The predicted molar refractivity (Wildman–Crippen MR) is 145 cm³/mol. The number of likely N-dealkylation sites (tertiary alicyclic amines) is 1. The zero-order valence-electron chi connectivity index (χ0n) is 22.7. The largest absolute Gasteiger partial charge is 0.444 e. The standard InChI is InChI=1S/C30H41N3O3/c1-21-11-12-23(3)27(19-21)31-15-17-32(18-16-31)28(34)26-20-33(29(35)36-30(4,5)6)14-13-25(26)24-10-8-7-9-22(24)2/h7-12,19,25-26H,13-18,20H2,1-6H3/t25-,26+/m0/s1. The summed E-state index contributed by atoms with van der Waals surface area (Å²) >= 11 is 0. The summed E-state index contributed by atoms with van der Waals surface area (Å²) in [6, 6.07) is 14.9. The summed E-state index contributed by atoms with van der Waals surface area (Å²) in [4.78, 5) is 33.0. The third-order valence-electron chi connectivity index (χ3n) is 7.47. The topological polar surface area (TPSA) is 53.1 Å². The molecule has 0 spiro atoms. The number of hydrogen-bond acceptors (Lipinski definition) is 4. The van der Waals surface area contributed by atoms with E-state index in [1.165, 1.54) is 27.9 Å². The van der Waals surface area contributed by atoms with E-state index < -0.39 is 5.60 Å². The molecular formula is C30H41N3O3. The molecule has 2 atom stereocenters. The first-order chi connectivity index (χ1) is 17.0. The number of piperazine rings is 1. The Labute approximate surface area is 216 Å². The maximum atomic E-state index is 14.0. The molecule has 0 unspecified atom stereocenters. The number of carbonyl (C=O) groups excluding carboxylic acids is 2. The van der Waals surface area contributed by atoms with E-state index in [9.17, 15) is 9.59 Å². The first-order valence-corrected chi connectivity index (χ1v) is 13.2. The summed E-state index contributed by atoms with van der Waals surface area (Å²) in [6.45, 7) is 16.0. The molecule has 2 aliphatic rings. The number of rotatable bonds is 3. The number of hydrogen-bond donors (Lipinski definition) is 0. The number of ether oxygens (including phenoxy) is 1. The van der Waals surface area contributed by atoms with Crippen LogP contribution in [0.4, 0.5) is 10.5 Å². The number of aryl methyl sites for hydroxylation is 3. The smallest absolute Gasteiger partial charge is 0.410 e. The highest BCUT2D eigenvalue weighted by Gasteiger charge is 2.41. The average molecular weight is 492 g/mol. The van der Waals surface area contributed by atoms with Crippen molar-refractivity contribution in [3.8, 4) is 0 Å². The molecule has 0 bridgehead atoms. The van der Waals surface area contributed by atoms with Crippen LogP contribution in [0.3, 0.4) is 0 Å². The SMILES string of the molecule is Cc1ccc(C)c(N2CCN(C(=O)[C@@H]3CN(C(=O)OC(C)(C)C)CC[C@H]3c3ccccc3C)CC2)c1. The van der Waals surface area contributed by atoms with Crippen LogP contribution in [0.15, 0.2) is 42.5 Å². The molecule has 2 amide bonds. The van der Waals surface area contributed by atoms with Crippen LogP contribution in [0.1, 0.15) is 55.4 Å². The van der Waals surface area contributed by atoms with Gasteiger partial charge < -0.3 is 19.4 Å². The lowest BCUT2D eigenvalue weighted by molar-refractivity contribution is -0.138. The van der Waals surface area contributed by atoms with Gasteiger partial charge in [-0.05, 0) is 82.2 Å². The Bertz CT molecular complexity index is 1100. The van der Waals surface area contributed by atoms with Gasteiger partial charge in [-0.15, -0.1) is 0 Å². The highest BCUT2D eigenvalue weighted by Crippen LogP contribution is 2.37. The molecule has 2 saturated heterocycles. The second-order valence-corrected chi connectivity index (χ2v) is 11.4. The summed E-state index contributed by atoms with van der Waals surface area (Å²) in [7, 11) is 0. The molecule has 2 aliphatic heterocycles. The molecule has 2 heterocycles. The Hall–Kier alpha value is -3.02. The molecule has 6 heteroatoms. The van der Waals surface area contributed by atoms with Gasteiger partial charge >= 0.3 is 6.09 Å². The lowest BCUT2D eigenvalue weighted by Gasteiger charge is -2.43. The van der Waals surface area contributed by atoms with Crippen molar-refractivity contribution in [3.63, 3.8) is 0 Å². The monoisotopic (exact) mass is 491 g/mol. The van der Waals surface area contributed by atoms with Crippen molar-refractivity contribution in [2.24, 2.45) is 5.92 Å². The quantitative estimate of drug-likeness (QED) is 0.585. The molecule has 4 rings (SSSR count). The minimum absolute atomic E-state index is 0.0921. The van der Waals surface area contributed by atoms with Crippen molar-refractivity contribution in [1.29, 1.82) is 0 Å². The fraction of sp³-hybridized carbons (Fsp3) is 0.533. The molecule has 6 nitrogen and oxygen atoms in total. The zero-order chi connectivity index (χ0) is 26.0. The molecule has 0 N–H and O–H groups in total. The minimum Gasteiger partial charge on any atom is -0.444 e. The summed E-state index contributed by atoms with van der Waals surface area (Å²) in [5, 5.41) is 0. The van der Waals surface area contributed by atoms with E-state index in [0.29, 0.717) is 26.2 Å². The fourth-order valence-corrected chi connectivity index (χ4v) is 5.53. The van der Waals surface area contributed by atoms with Gasteiger partial charge in [0.05, 0.1) is 5.92 Å². The van der Waals surface area contributed by atoms with Gasteiger partial charge in [-0.3, -0.25) is 4.79 Å². The van der Waals surface area contributed by atoms with Gasteiger partial charge in [0, 0.05) is 45.0 Å². The van der Waals surface area contributed by atoms with Crippen LogP contribution >= 0.6 is 0 Å². The maximum absolute atomic E-state index is 14.0. The summed E-state index contributed by atoms with van der Waals surface area (Å²) in [5.41, 5.74) is 5.63. The molecule has 0 aliphatic carbocycles. The highest BCUT2D eigenvalue weighted by atomic mass is 16.6. The van der Waals surface area contributed by atoms with Crippen LogP contribution in [0.5, 0.6) is 0 Å². The number of nitrogens with zero attached hydrogens (tertiary/aromatic N) is 3. The molecule has 0 saturated carbocycles. The van der Waals surface area contributed by atoms with Crippen molar-refractivity contribution in [2.75, 3.05) is 44.2 Å². The number of carbonyl (C=O) groups is 2. The summed E-state index contributed by atoms with van der Waals surface area (Å²) in [5.74, 6) is -0.0359. The van der Waals surface area contributed by atoms with E-state index in [4.69, 9.17) is 4.74 Å². The van der Waals surface area contributed by atoms with Crippen LogP contribution < -0.4 is 4.90 Å². The molecule has 2 fully saturated rings. The zero-order valence-corrected chi connectivity index (χ0v) is 22.7. The third-order valence-corrected chi connectivity index (χ3v) is 7.47. The van der Waals surface area contributed by atoms with Crippen LogP contribution in [0, 0.1) is 26.7 Å². The summed E-state index contributed by atoms with van der Waals surface area (Å²) in [6.07, 6.45) is 0.423. The van der Waals surface area contributed by atoms with Crippen LogP contribution in [-0.4, -0.2) is 66.7 Å². The Morgan fingerprint density at radius 3 is 2.22 bits per heavy atom. The second-order valence-electron chi connectivity index (χ2n) is 11.4. The molecule has 0 radical (unpaired) electrons. The van der Waals surface area contributed by atoms with Gasteiger partial charge in [0.1, 0.15) is 5.60 Å². The van der Waals surface area contributed by atoms with Gasteiger partial charge in [-0.25, -0.2) is 4.79 Å². The van der Waals surface area contributed by atoms with Crippen LogP contribution in [0.25, 0.3) is 0 Å². The molecule has 36 heavy (non-hydrogen) atoms. The van der Waals surface area contributed by atoms with Gasteiger partial charge in [0.25, 0.3) is 0 Å². The lowest BCUT2D eigenvalue weighted by Crippen LogP contribution is -2.55. The lowest BCUT2D eigenvalue weighted by atomic mass is 9.78. The first kappa shape index (κ1) is 26.1.